The SMILES string of the molecule is CC(C)(C)[Si](C)(C)OC(CN)[C@H](CC1CCCCC1)NC(=O)O. The van der Waals surface area contributed by atoms with Gasteiger partial charge < -0.3 is 20.6 Å². The molecule has 1 aliphatic rings. The van der Waals surface area contributed by atoms with Gasteiger partial charge in [-0.15, -0.1) is 0 Å². The topological polar surface area (TPSA) is 84.6 Å². The molecule has 5 nitrogen and oxygen atoms in total. The Morgan fingerprint density at radius 1 is 1.30 bits per heavy atom. The van der Waals surface area contributed by atoms with Crippen molar-refractivity contribution in [3.05, 3.63) is 0 Å². The van der Waals surface area contributed by atoms with E-state index in [4.69, 9.17) is 10.2 Å². The van der Waals surface area contributed by atoms with Crippen molar-refractivity contribution in [1.29, 1.82) is 0 Å². The summed E-state index contributed by atoms with van der Waals surface area (Å²) in [5.74, 6) is 0.581. The van der Waals surface area contributed by atoms with Gasteiger partial charge in [0.25, 0.3) is 0 Å². The van der Waals surface area contributed by atoms with Crippen molar-refractivity contribution in [1.82, 2.24) is 5.32 Å². The van der Waals surface area contributed by atoms with Crippen LogP contribution in [0, 0.1) is 5.92 Å². The van der Waals surface area contributed by atoms with Crippen LogP contribution in [-0.4, -0.2) is 38.2 Å². The number of carboxylic acid groups (broad SMARTS) is 1. The van der Waals surface area contributed by atoms with Crippen LogP contribution in [0.4, 0.5) is 4.79 Å². The van der Waals surface area contributed by atoms with Gasteiger partial charge in [0.1, 0.15) is 0 Å². The zero-order chi connectivity index (χ0) is 17.7. The second kappa shape index (κ2) is 8.49. The Labute approximate surface area is 142 Å². The quantitative estimate of drug-likeness (QED) is 0.611. The zero-order valence-electron chi connectivity index (χ0n) is 15.5. The van der Waals surface area contributed by atoms with Crippen molar-refractivity contribution < 1.29 is 14.3 Å². The molecule has 1 aliphatic carbocycles. The second-order valence-electron chi connectivity index (χ2n) is 8.45. The maximum atomic E-state index is 11.2. The standard InChI is InChI=1S/C17H36N2O3Si/c1-17(2,3)23(4,5)22-15(12-18)14(19-16(20)21)11-13-9-7-6-8-10-13/h13-15,19H,6-12,18H2,1-5H3,(H,20,21)/t14-,15?/m0/s1. The second-order valence-corrected chi connectivity index (χ2v) is 13.2. The van der Waals surface area contributed by atoms with Crippen LogP contribution in [-0.2, 0) is 4.43 Å². The van der Waals surface area contributed by atoms with Gasteiger partial charge in [-0.05, 0) is 30.5 Å². The van der Waals surface area contributed by atoms with E-state index >= 15 is 0 Å². The molecule has 1 rings (SSSR count). The van der Waals surface area contributed by atoms with Crippen LogP contribution in [0.25, 0.3) is 0 Å². The highest BCUT2D eigenvalue weighted by Crippen LogP contribution is 2.38. The van der Waals surface area contributed by atoms with E-state index in [0.29, 0.717) is 12.5 Å². The van der Waals surface area contributed by atoms with Crippen molar-refractivity contribution in [3.63, 3.8) is 0 Å². The minimum Gasteiger partial charge on any atom is -0.465 e. The van der Waals surface area contributed by atoms with E-state index in [0.717, 1.165) is 6.42 Å². The van der Waals surface area contributed by atoms with Crippen molar-refractivity contribution >= 4 is 14.4 Å². The summed E-state index contributed by atoms with van der Waals surface area (Å²) in [6, 6.07) is -0.213. The third-order valence-corrected chi connectivity index (χ3v) is 10.1. The molecule has 136 valence electrons. The number of nitrogens with one attached hydrogen (secondary N) is 1. The van der Waals surface area contributed by atoms with Crippen LogP contribution in [0.5, 0.6) is 0 Å². The number of carbonyl (C=O) groups is 1. The number of nitrogens with two attached hydrogens (primary N) is 1. The van der Waals surface area contributed by atoms with Gasteiger partial charge in [-0.3, -0.25) is 0 Å². The smallest absolute Gasteiger partial charge is 0.404 e. The average molecular weight is 345 g/mol. The molecule has 1 fully saturated rings. The molecule has 0 aromatic carbocycles. The van der Waals surface area contributed by atoms with Gasteiger partial charge in [-0.1, -0.05) is 52.9 Å². The van der Waals surface area contributed by atoms with E-state index in [1.165, 1.54) is 32.1 Å². The van der Waals surface area contributed by atoms with Gasteiger partial charge in [-0.2, -0.15) is 0 Å². The van der Waals surface area contributed by atoms with E-state index in [1.807, 2.05) is 0 Å². The summed E-state index contributed by atoms with van der Waals surface area (Å²) >= 11 is 0. The Balaban J connectivity index is 2.81. The normalized spacial score (nSPS) is 20.1. The molecule has 1 unspecified atom stereocenters. The summed E-state index contributed by atoms with van der Waals surface area (Å²) in [6.45, 7) is 11.3. The van der Waals surface area contributed by atoms with E-state index < -0.39 is 14.4 Å². The molecule has 0 aromatic rings. The molecule has 6 heteroatoms. The minimum absolute atomic E-state index is 0.0824. The predicted octanol–water partition coefficient (Wildman–Crippen LogP) is 3.94. The molecule has 0 heterocycles. The molecule has 0 radical (unpaired) electrons. The third kappa shape index (κ3) is 6.43. The summed E-state index contributed by atoms with van der Waals surface area (Å²) < 4.78 is 6.44. The van der Waals surface area contributed by atoms with Gasteiger partial charge in [0.2, 0.25) is 0 Å². The number of rotatable bonds is 7. The fourth-order valence-corrected chi connectivity index (χ4v) is 4.46. The Morgan fingerprint density at radius 3 is 2.30 bits per heavy atom. The molecular weight excluding hydrogens is 308 g/mol. The summed E-state index contributed by atoms with van der Waals surface area (Å²) in [7, 11) is -1.98. The van der Waals surface area contributed by atoms with E-state index in [1.54, 1.807) is 0 Å². The van der Waals surface area contributed by atoms with E-state index in [9.17, 15) is 9.90 Å². The fraction of sp³-hybridized carbons (Fsp3) is 0.941. The highest BCUT2D eigenvalue weighted by molar-refractivity contribution is 6.74. The largest absolute Gasteiger partial charge is 0.465 e. The lowest BCUT2D eigenvalue weighted by Crippen LogP contribution is -2.54. The summed E-state index contributed by atoms with van der Waals surface area (Å²) in [5, 5.41) is 12.0. The number of hydrogen-bond acceptors (Lipinski definition) is 3. The first kappa shape index (κ1) is 20.5. The van der Waals surface area contributed by atoms with Crippen molar-refractivity contribution in [2.45, 2.75) is 89.6 Å². The van der Waals surface area contributed by atoms with Crippen LogP contribution < -0.4 is 11.1 Å². The molecule has 0 saturated heterocycles. The highest BCUT2D eigenvalue weighted by Gasteiger charge is 2.41. The first-order valence-electron chi connectivity index (χ1n) is 8.94. The first-order chi connectivity index (χ1) is 10.6. The summed E-state index contributed by atoms with van der Waals surface area (Å²) in [4.78, 5) is 11.2. The molecule has 0 bridgehead atoms. The van der Waals surface area contributed by atoms with Gasteiger partial charge in [0.15, 0.2) is 8.32 Å². The van der Waals surface area contributed by atoms with Gasteiger partial charge in [0.05, 0.1) is 12.1 Å². The van der Waals surface area contributed by atoms with Crippen molar-refractivity contribution in [3.8, 4) is 0 Å². The Hall–Kier alpha value is -0.593. The van der Waals surface area contributed by atoms with Crippen LogP contribution in [0.3, 0.4) is 0 Å². The molecular formula is C17H36N2O3Si. The Morgan fingerprint density at radius 2 is 1.87 bits per heavy atom. The lowest BCUT2D eigenvalue weighted by atomic mass is 9.83. The molecule has 0 aromatic heterocycles. The van der Waals surface area contributed by atoms with Crippen LogP contribution in [0.1, 0.15) is 59.3 Å². The Kier molecular flexibility index (Phi) is 7.55. The Bertz CT molecular complexity index is 377. The van der Waals surface area contributed by atoms with Gasteiger partial charge in [0, 0.05) is 6.54 Å². The summed E-state index contributed by atoms with van der Waals surface area (Å²) in [6.07, 6.45) is 5.79. The molecule has 2 atom stereocenters. The van der Waals surface area contributed by atoms with Crippen molar-refractivity contribution in [2.75, 3.05) is 6.54 Å². The van der Waals surface area contributed by atoms with Crippen LogP contribution in [0.15, 0.2) is 0 Å². The molecule has 23 heavy (non-hydrogen) atoms. The van der Waals surface area contributed by atoms with Gasteiger partial charge >= 0.3 is 6.09 Å². The lowest BCUT2D eigenvalue weighted by Gasteiger charge is -2.41. The maximum absolute atomic E-state index is 11.2. The van der Waals surface area contributed by atoms with E-state index in [-0.39, 0.29) is 17.2 Å². The number of amides is 1. The zero-order valence-corrected chi connectivity index (χ0v) is 16.5. The molecule has 1 saturated carbocycles. The minimum atomic E-state index is -1.98. The first-order valence-corrected chi connectivity index (χ1v) is 11.8. The van der Waals surface area contributed by atoms with Gasteiger partial charge in [-0.25, -0.2) is 4.79 Å². The fourth-order valence-electron chi connectivity index (χ4n) is 3.09. The van der Waals surface area contributed by atoms with Crippen molar-refractivity contribution in [2.24, 2.45) is 11.7 Å². The molecule has 0 spiro atoms. The highest BCUT2D eigenvalue weighted by atomic mass is 28.4. The monoisotopic (exact) mass is 344 g/mol. The summed E-state index contributed by atoms with van der Waals surface area (Å²) in [5.41, 5.74) is 5.97. The van der Waals surface area contributed by atoms with Crippen LogP contribution >= 0.6 is 0 Å². The average Bonchev–Trinajstić information content (AvgIpc) is 2.43. The maximum Gasteiger partial charge on any atom is 0.404 e. The molecule has 1 amide bonds. The van der Waals surface area contributed by atoms with E-state index in [2.05, 4.69) is 39.2 Å². The number of hydrogen-bond donors (Lipinski definition) is 3. The molecule has 0 aliphatic heterocycles. The third-order valence-electron chi connectivity index (χ3n) is 5.55. The lowest BCUT2D eigenvalue weighted by molar-refractivity contribution is 0.115. The molecule has 4 N–H and O–H groups in total. The predicted molar refractivity (Wildman–Crippen MR) is 97.3 cm³/mol. The van der Waals surface area contributed by atoms with Crippen LogP contribution in [0.2, 0.25) is 18.1 Å².